The first-order chi connectivity index (χ1) is 12.4. The number of carboxylic acid groups (broad SMARTS) is 1. The Hall–Kier alpha value is -3.14. The summed E-state index contributed by atoms with van der Waals surface area (Å²) in [5, 5.41) is 8.96. The maximum Gasteiger partial charge on any atom is 0.335 e. The van der Waals surface area contributed by atoms with Crippen LogP contribution >= 0.6 is 0 Å². The number of aromatic nitrogens is 1. The van der Waals surface area contributed by atoms with Crippen LogP contribution < -0.4 is 0 Å². The molecule has 26 heavy (non-hydrogen) atoms. The van der Waals surface area contributed by atoms with Crippen LogP contribution in [0.4, 0.5) is 5.69 Å². The van der Waals surface area contributed by atoms with E-state index in [1.165, 1.54) is 16.8 Å². The molecule has 0 spiro atoms. The van der Waals surface area contributed by atoms with E-state index in [2.05, 4.69) is 61.5 Å². The van der Waals surface area contributed by atoms with Gasteiger partial charge in [0.1, 0.15) is 0 Å². The van der Waals surface area contributed by atoms with Crippen molar-refractivity contribution in [3.05, 3.63) is 82.2 Å². The Morgan fingerprint density at radius 1 is 1.04 bits per heavy atom. The minimum absolute atomic E-state index is 0.261. The van der Waals surface area contributed by atoms with Crippen molar-refractivity contribution in [3.63, 3.8) is 0 Å². The van der Waals surface area contributed by atoms with E-state index in [0.717, 1.165) is 22.6 Å². The van der Waals surface area contributed by atoms with Gasteiger partial charge in [0.15, 0.2) is 0 Å². The van der Waals surface area contributed by atoms with Gasteiger partial charge in [-0.15, -0.1) is 0 Å². The number of aliphatic imine (C=N–C) groups is 1. The summed E-state index contributed by atoms with van der Waals surface area (Å²) in [4.78, 5) is 15.4. The Kier molecular flexibility index (Phi) is 4.76. The van der Waals surface area contributed by atoms with E-state index in [4.69, 9.17) is 5.11 Å². The molecule has 4 nitrogen and oxygen atoms in total. The van der Waals surface area contributed by atoms with E-state index in [1.807, 2.05) is 6.21 Å². The van der Waals surface area contributed by atoms with Crippen molar-refractivity contribution in [2.45, 2.75) is 27.7 Å². The average Bonchev–Trinajstić information content (AvgIpc) is 2.90. The smallest absolute Gasteiger partial charge is 0.335 e. The van der Waals surface area contributed by atoms with Crippen LogP contribution in [0, 0.1) is 27.7 Å². The number of rotatable bonds is 4. The number of aromatic carboxylic acids is 1. The van der Waals surface area contributed by atoms with Crippen LogP contribution in [-0.4, -0.2) is 21.9 Å². The number of hydrogen-bond donors (Lipinski definition) is 1. The van der Waals surface area contributed by atoms with Crippen molar-refractivity contribution in [2.75, 3.05) is 0 Å². The summed E-state index contributed by atoms with van der Waals surface area (Å²) in [5.74, 6) is -0.933. The third-order valence-electron chi connectivity index (χ3n) is 4.75. The molecule has 0 saturated carbocycles. The number of aryl methyl sites for hydroxylation is 2. The van der Waals surface area contributed by atoms with Crippen LogP contribution in [0.3, 0.4) is 0 Å². The Morgan fingerprint density at radius 3 is 2.38 bits per heavy atom. The first kappa shape index (κ1) is 17.7. The fourth-order valence-electron chi connectivity index (χ4n) is 3.10. The van der Waals surface area contributed by atoms with Gasteiger partial charge in [0.05, 0.1) is 11.3 Å². The first-order valence-electron chi connectivity index (χ1n) is 8.51. The molecule has 0 unspecified atom stereocenters. The molecule has 0 saturated heterocycles. The van der Waals surface area contributed by atoms with E-state index in [9.17, 15) is 4.79 Å². The van der Waals surface area contributed by atoms with Gasteiger partial charge in [-0.25, -0.2) is 4.79 Å². The highest BCUT2D eigenvalue weighted by atomic mass is 16.4. The molecule has 0 aliphatic heterocycles. The van der Waals surface area contributed by atoms with Gasteiger partial charge in [-0.05, 0) is 75.2 Å². The van der Waals surface area contributed by atoms with Crippen molar-refractivity contribution >= 4 is 17.9 Å². The second-order valence-corrected chi connectivity index (χ2v) is 6.49. The second kappa shape index (κ2) is 7.00. The highest BCUT2D eigenvalue weighted by molar-refractivity contribution is 5.88. The Balaban J connectivity index is 1.95. The lowest BCUT2D eigenvalue weighted by Gasteiger charge is -2.14. The van der Waals surface area contributed by atoms with Crippen molar-refractivity contribution in [1.29, 1.82) is 0 Å². The number of nitrogens with zero attached hydrogens (tertiary/aromatic N) is 2. The molecule has 132 valence electrons. The molecule has 2 aromatic carbocycles. The zero-order chi connectivity index (χ0) is 18.8. The molecule has 3 aromatic rings. The minimum Gasteiger partial charge on any atom is -0.478 e. The number of hydrogen-bond acceptors (Lipinski definition) is 2. The van der Waals surface area contributed by atoms with E-state index in [1.54, 1.807) is 24.3 Å². The summed E-state index contributed by atoms with van der Waals surface area (Å²) in [6.07, 6.45) is 1.83. The van der Waals surface area contributed by atoms with Crippen molar-refractivity contribution in [1.82, 2.24) is 4.57 Å². The van der Waals surface area contributed by atoms with Gasteiger partial charge in [0.25, 0.3) is 0 Å². The summed E-state index contributed by atoms with van der Waals surface area (Å²) in [6, 6.07) is 15.0. The normalized spacial score (nSPS) is 11.2. The highest BCUT2D eigenvalue weighted by Gasteiger charge is 2.12. The van der Waals surface area contributed by atoms with Gasteiger partial charge in [-0.2, -0.15) is 0 Å². The third-order valence-corrected chi connectivity index (χ3v) is 4.75. The Bertz CT molecular complexity index is 996. The van der Waals surface area contributed by atoms with Gasteiger partial charge >= 0.3 is 5.97 Å². The summed E-state index contributed by atoms with van der Waals surface area (Å²) in [5.41, 5.74) is 8.03. The van der Waals surface area contributed by atoms with E-state index in [-0.39, 0.29) is 5.56 Å². The molecule has 1 aromatic heterocycles. The molecule has 3 rings (SSSR count). The fourth-order valence-corrected chi connectivity index (χ4v) is 3.10. The molecular weight excluding hydrogens is 324 g/mol. The van der Waals surface area contributed by atoms with Crippen molar-refractivity contribution < 1.29 is 9.90 Å². The zero-order valence-corrected chi connectivity index (χ0v) is 15.4. The maximum absolute atomic E-state index is 10.9. The monoisotopic (exact) mass is 346 g/mol. The largest absolute Gasteiger partial charge is 0.478 e. The van der Waals surface area contributed by atoms with Crippen LogP contribution in [0.5, 0.6) is 0 Å². The van der Waals surface area contributed by atoms with Crippen molar-refractivity contribution in [2.24, 2.45) is 4.99 Å². The maximum atomic E-state index is 10.9. The SMILES string of the molecule is Cc1cccc(-n2c(C)cc(C=Nc3ccc(C(=O)O)cc3)c2C)c1C. The van der Waals surface area contributed by atoms with Gasteiger partial charge < -0.3 is 9.67 Å². The van der Waals surface area contributed by atoms with E-state index >= 15 is 0 Å². The predicted molar refractivity (Wildman–Crippen MR) is 105 cm³/mol. The molecule has 0 aliphatic carbocycles. The fraction of sp³-hybridized carbons (Fsp3) is 0.182. The summed E-state index contributed by atoms with van der Waals surface area (Å²) >= 11 is 0. The highest BCUT2D eigenvalue weighted by Crippen LogP contribution is 2.24. The van der Waals surface area contributed by atoms with Gasteiger partial charge in [-0.1, -0.05) is 12.1 Å². The molecule has 0 radical (unpaired) electrons. The predicted octanol–water partition coefficient (Wildman–Crippen LogP) is 5.16. The second-order valence-electron chi connectivity index (χ2n) is 6.49. The third kappa shape index (κ3) is 3.31. The van der Waals surface area contributed by atoms with Gasteiger partial charge in [0, 0.05) is 28.9 Å². The van der Waals surface area contributed by atoms with Crippen molar-refractivity contribution in [3.8, 4) is 5.69 Å². The molecule has 0 fully saturated rings. The first-order valence-corrected chi connectivity index (χ1v) is 8.51. The Labute approximate surface area is 153 Å². The molecule has 0 atom stereocenters. The summed E-state index contributed by atoms with van der Waals surface area (Å²) in [6.45, 7) is 8.44. The number of benzene rings is 2. The lowest BCUT2D eigenvalue weighted by molar-refractivity contribution is 0.0697. The minimum atomic E-state index is -0.933. The Morgan fingerprint density at radius 2 is 1.73 bits per heavy atom. The summed E-state index contributed by atoms with van der Waals surface area (Å²) < 4.78 is 2.25. The van der Waals surface area contributed by atoms with E-state index in [0.29, 0.717) is 0 Å². The lowest BCUT2D eigenvalue weighted by Crippen LogP contribution is -2.02. The van der Waals surface area contributed by atoms with Crippen LogP contribution in [0.1, 0.15) is 38.4 Å². The molecule has 4 heteroatoms. The molecule has 1 N–H and O–H groups in total. The molecule has 0 aliphatic rings. The van der Waals surface area contributed by atoms with Gasteiger partial charge in [0.2, 0.25) is 0 Å². The number of carbonyl (C=O) groups is 1. The topological polar surface area (TPSA) is 54.6 Å². The van der Waals surface area contributed by atoms with Gasteiger partial charge in [-0.3, -0.25) is 4.99 Å². The molecular formula is C22H22N2O2. The quantitative estimate of drug-likeness (QED) is 0.663. The standard InChI is InChI=1S/C22H22N2O2/c1-14-6-5-7-21(16(14)3)24-15(2)12-19(17(24)4)13-23-20-10-8-18(9-11-20)22(25)26/h5-13H,1-4H3,(H,25,26). The zero-order valence-electron chi connectivity index (χ0n) is 15.4. The van der Waals surface area contributed by atoms with Crippen LogP contribution in [-0.2, 0) is 0 Å². The molecule has 1 heterocycles. The summed E-state index contributed by atoms with van der Waals surface area (Å²) in [7, 11) is 0. The number of carboxylic acids is 1. The lowest BCUT2D eigenvalue weighted by atomic mass is 10.1. The molecule has 0 bridgehead atoms. The van der Waals surface area contributed by atoms with Crippen LogP contribution in [0.15, 0.2) is 53.5 Å². The van der Waals surface area contributed by atoms with Crippen LogP contribution in [0.25, 0.3) is 5.69 Å². The average molecular weight is 346 g/mol. The van der Waals surface area contributed by atoms with Crippen LogP contribution in [0.2, 0.25) is 0 Å². The molecule has 0 amide bonds. The van der Waals surface area contributed by atoms with E-state index < -0.39 is 5.97 Å².